The predicted octanol–water partition coefficient (Wildman–Crippen LogP) is 14.1. The van der Waals surface area contributed by atoms with E-state index in [4.69, 9.17) is 9.40 Å². The molecule has 0 aliphatic heterocycles. The minimum atomic E-state index is -1.34. The number of hydrogen-bond acceptors (Lipinski definition) is 3. The van der Waals surface area contributed by atoms with Crippen LogP contribution in [0.25, 0.3) is 72.1 Å². The van der Waals surface area contributed by atoms with Crippen molar-refractivity contribution in [3.05, 3.63) is 156 Å². The van der Waals surface area contributed by atoms with Gasteiger partial charge in [0, 0.05) is 42.8 Å². The molecule has 9 aromatic rings. The van der Waals surface area contributed by atoms with Crippen LogP contribution in [0.15, 0.2) is 132 Å². The van der Waals surface area contributed by atoms with E-state index < -0.39 is 8.07 Å². The van der Waals surface area contributed by atoms with E-state index in [0.717, 1.165) is 62.0 Å². The second-order valence-corrected chi connectivity index (χ2v) is 22.6. The van der Waals surface area contributed by atoms with Crippen molar-refractivity contribution in [3.63, 3.8) is 0 Å². The van der Waals surface area contributed by atoms with E-state index in [1.165, 1.54) is 38.3 Å². The van der Waals surface area contributed by atoms with Crippen molar-refractivity contribution in [2.24, 2.45) is 5.92 Å². The fourth-order valence-corrected chi connectivity index (χ4v) is 9.92. The zero-order valence-electron chi connectivity index (χ0n) is 35.6. The molecule has 0 saturated carbocycles. The Bertz CT molecular complexity index is 2870. The fourth-order valence-electron chi connectivity index (χ4n) is 8.33. The SMILES string of the molecule is CC(C)Cc1cc(-c2[c-]cccc2)ncc1[Si](C)(C)C.CC(C)c1cccc(C(C)C)c1-n1c(-c2[c-]ccc3c2oc2ccccc23)nc2ccc3ccccc3c21.[Ir]. The summed E-state index contributed by atoms with van der Waals surface area (Å²) in [5.74, 6) is 2.21. The number of benzene rings is 6. The van der Waals surface area contributed by atoms with Gasteiger partial charge in [-0.3, -0.25) is 4.98 Å². The quantitative estimate of drug-likeness (QED) is 0.113. The summed E-state index contributed by atoms with van der Waals surface area (Å²) in [4.78, 5) is 9.99. The van der Waals surface area contributed by atoms with Gasteiger partial charge in [-0.05, 0) is 63.7 Å². The van der Waals surface area contributed by atoms with Crippen LogP contribution in [-0.4, -0.2) is 22.6 Å². The van der Waals surface area contributed by atoms with Crippen molar-refractivity contribution >= 4 is 57.0 Å². The van der Waals surface area contributed by atoms with Crippen molar-refractivity contribution in [1.29, 1.82) is 0 Å². The van der Waals surface area contributed by atoms with Gasteiger partial charge in [0.05, 0.1) is 30.5 Å². The number of hydrogen-bond donors (Lipinski definition) is 0. The van der Waals surface area contributed by atoms with E-state index in [9.17, 15) is 0 Å². The molecule has 1 radical (unpaired) electrons. The number of para-hydroxylation sites is 2. The standard InChI is InChI=1S/C35H29N2O.C18H24NSi.Ir/c1-21(2)24-14-9-15-25(22(3)4)32(24)37-33-26-12-6-5-11-23(26)19-20-30(33)36-35(37)29-17-10-16-28-27-13-7-8-18-31(27)38-34(28)29;1-14(2)11-16-12-17(15-9-7-6-8-10-15)19-13-18(16)20(3,4)5;/h5-16,18-22H,1-4H3;6-9,12-14H,11H2,1-5H3;/q2*-1;. The van der Waals surface area contributed by atoms with Crippen LogP contribution < -0.4 is 5.19 Å². The number of furan rings is 1. The van der Waals surface area contributed by atoms with Gasteiger partial charge in [0.1, 0.15) is 5.58 Å². The van der Waals surface area contributed by atoms with Crippen LogP contribution >= 0.6 is 0 Å². The van der Waals surface area contributed by atoms with E-state index in [1.807, 2.05) is 36.4 Å². The molecular weight excluding hydrogens is 915 g/mol. The first kappa shape index (κ1) is 42.0. The second kappa shape index (κ2) is 17.2. The van der Waals surface area contributed by atoms with Crippen LogP contribution in [0.3, 0.4) is 0 Å². The van der Waals surface area contributed by atoms with Crippen LogP contribution in [0.4, 0.5) is 0 Å². The number of rotatable bonds is 8. The molecule has 3 heterocycles. The molecular formula is C53H53IrN3OSi-2. The summed E-state index contributed by atoms with van der Waals surface area (Å²) in [5.41, 5.74) is 12.1. The van der Waals surface area contributed by atoms with Crippen LogP contribution in [0.1, 0.15) is 70.1 Å². The van der Waals surface area contributed by atoms with Crippen LogP contribution in [0, 0.1) is 18.1 Å². The van der Waals surface area contributed by atoms with Crippen molar-refractivity contribution < 1.29 is 24.5 Å². The first-order valence-corrected chi connectivity index (χ1v) is 24.2. The molecule has 0 fully saturated rings. The molecule has 0 amide bonds. The van der Waals surface area contributed by atoms with E-state index in [1.54, 1.807) is 0 Å². The number of fused-ring (bicyclic) bond motifs is 6. The maximum atomic E-state index is 6.48. The summed E-state index contributed by atoms with van der Waals surface area (Å²) in [5, 5.41) is 6.07. The van der Waals surface area contributed by atoms with Gasteiger partial charge in [-0.1, -0.05) is 150 Å². The largest absolute Gasteiger partial charge is 0.501 e. The molecule has 0 aliphatic carbocycles. The third-order valence-electron chi connectivity index (χ3n) is 11.1. The molecule has 0 unspecified atom stereocenters. The summed E-state index contributed by atoms with van der Waals surface area (Å²) in [7, 11) is -1.34. The smallest absolute Gasteiger partial charge is 0.120 e. The number of aromatic nitrogens is 3. The van der Waals surface area contributed by atoms with Crippen molar-refractivity contribution in [3.8, 4) is 28.3 Å². The molecule has 0 spiro atoms. The Morgan fingerprint density at radius 1 is 0.695 bits per heavy atom. The average Bonchev–Trinajstić information content (AvgIpc) is 3.79. The average molecular weight is 968 g/mol. The third kappa shape index (κ3) is 8.24. The molecule has 0 aliphatic rings. The van der Waals surface area contributed by atoms with E-state index in [0.29, 0.717) is 17.8 Å². The normalized spacial score (nSPS) is 11.9. The van der Waals surface area contributed by atoms with Gasteiger partial charge in [-0.15, -0.1) is 54.1 Å². The summed E-state index contributed by atoms with van der Waals surface area (Å²) in [6.07, 6.45) is 3.24. The zero-order valence-corrected chi connectivity index (χ0v) is 39.0. The molecule has 6 aromatic carbocycles. The minimum Gasteiger partial charge on any atom is -0.501 e. The Morgan fingerprint density at radius 3 is 2.07 bits per heavy atom. The van der Waals surface area contributed by atoms with Crippen LogP contribution in [0.5, 0.6) is 0 Å². The van der Waals surface area contributed by atoms with Crippen LogP contribution in [-0.2, 0) is 26.5 Å². The summed E-state index contributed by atoms with van der Waals surface area (Å²) in [6, 6.07) is 49.1. The number of imidazole rings is 1. The van der Waals surface area contributed by atoms with Gasteiger partial charge in [0.25, 0.3) is 0 Å². The molecule has 4 nitrogen and oxygen atoms in total. The van der Waals surface area contributed by atoms with Gasteiger partial charge >= 0.3 is 0 Å². The Kier molecular flexibility index (Phi) is 12.3. The molecule has 9 rings (SSSR count). The zero-order chi connectivity index (χ0) is 40.7. The van der Waals surface area contributed by atoms with Crippen molar-refractivity contribution in [1.82, 2.24) is 14.5 Å². The number of nitrogens with zero attached hydrogens (tertiary/aromatic N) is 3. The molecule has 0 bridgehead atoms. The minimum absolute atomic E-state index is 0. The maximum Gasteiger partial charge on any atom is 0.120 e. The number of pyridine rings is 1. The maximum absolute atomic E-state index is 6.48. The molecule has 0 N–H and O–H groups in total. The molecule has 3 aromatic heterocycles. The van der Waals surface area contributed by atoms with E-state index in [-0.39, 0.29) is 20.1 Å². The molecule has 6 heteroatoms. The van der Waals surface area contributed by atoms with Crippen molar-refractivity contribution in [2.75, 3.05) is 0 Å². The van der Waals surface area contributed by atoms with Gasteiger partial charge in [0.15, 0.2) is 0 Å². The summed E-state index contributed by atoms with van der Waals surface area (Å²) in [6.45, 7) is 20.8. The monoisotopic (exact) mass is 968 g/mol. The van der Waals surface area contributed by atoms with Gasteiger partial charge in [-0.25, -0.2) is 0 Å². The molecule has 0 saturated heterocycles. The van der Waals surface area contributed by atoms with E-state index in [2.05, 4.69) is 174 Å². The predicted molar refractivity (Wildman–Crippen MR) is 248 cm³/mol. The van der Waals surface area contributed by atoms with Gasteiger partial charge < -0.3 is 14.0 Å². The Labute approximate surface area is 364 Å². The fraction of sp³-hybridized carbons (Fsp3) is 0.245. The third-order valence-corrected chi connectivity index (χ3v) is 13.1. The second-order valence-electron chi connectivity index (χ2n) is 17.6. The van der Waals surface area contributed by atoms with Crippen molar-refractivity contribution in [2.45, 2.75) is 79.4 Å². The first-order valence-electron chi connectivity index (χ1n) is 20.7. The first-order chi connectivity index (χ1) is 27.9. The molecule has 59 heavy (non-hydrogen) atoms. The summed E-state index contributed by atoms with van der Waals surface area (Å²) >= 11 is 0. The van der Waals surface area contributed by atoms with E-state index >= 15 is 0 Å². The Morgan fingerprint density at radius 2 is 1.39 bits per heavy atom. The summed E-state index contributed by atoms with van der Waals surface area (Å²) < 4.78 is 8.87. The van der Waals surface area contributed by atoms with Gasteiger partial charge in [0.2, 0.25) is 0 Å². The van der Waals surface area contributed by atoms with Gasteiger partial charge in [-0.2, -0.15) is 0 Å². The molecule has 0 atom stereocenters. The topological polar surface area (TPSA) is 43.9 Å². The Balaban J connectivity index is 0.000000214. The Hall–Kier alpha value is -5.13. The molecule has 301 valence electrons. The van der Waals surface area contributed by atoms with Crippen LogP contribution in [0.2, 0.25) is 19.6 Å².